The number of nitrogens with one attached hydrogen (secondary N) is 1. The van der Waals surface area contributed by atoms with Crippen LogP contribution in [-0.2, 0) is 9.59 Å². The summed E-state index contributed by atoms with van der Waals surface area (Å²) in [6.45, 7) is 0.646. The number of hydrogen-bond acceptors (Lipinski definition) is 2. The smallest absolute Gasteiger partial charge is 0.328 e. The molecule has 0 spiro atoms. The molecular formula is C9H13NO3. The van der Waals surface area contributed by atoms with Crippen molar-refractivity contribution in [1.29, 1.82) is 0 Å². The standard InChI is InChI=1S/C9H13NO3/c11-8(3-4-9(12)13)10-6-5-7-1-2-7/h3-4,7H,1-2,5-6H2,(H,10,11)(H,12,13). The second-order valence-electron chi connectivity index (χ2n) is 3.19. The van der Waals surface area contributed by atoms with Crippen LogP contribution in [0.4, 0.5) is 0 Å². The quantitative estimate of drug-likeness (QED) is 0.611. The summed E-state index contributed by atoms with van der Waals surface area (Å²) in [5.74, 6) is -0.649. The first-order chi connectivity index (χ1) is 6.18. The first-order valence-corrected chi connectivity index (χ1v) is 4.37. The van der Waals surface area contributed by atoms with Gasteiger partial charge in [-0.15, -0.1) is 0 Å². The lowest BCUT2D eigenvalue weighted by molar-refractivity contribution is -0.131. The third-order valence-corrected chi connectivity index (χ3v) is 1.93. The summed E-state index contributed by atoms with van der Waals surface area (Å²) in [5.41, 5.74) is 0. The van der Waals surface area contributed by atoms with Crippen LogP contribution in [0.15, 0.2) is 12.2 Å². The van der Waals surface area contributed by atoms with Gasteiger partial charge in [0.25, 0.3) is 0 Å². The van der Waals surface area contributed by atoms with E-state index >= 15 is 0 Å². The molecule has 13 heavy (non-hydrogen) atoms. The van der Waals surface area contributed by atoms with E-state index in [4.69, 9.17) is 5.11 Å². The van der Waals surface area contributed by atoms with Crippen molar-refractivity contribution >= 4 is 11.9 Å². The molecule has 0 aromatic heterocycles. The van der Waals surface area contributed by atoms with Gasteiger partial charge in [-0.2, -0.15) is 0 Å². The molecule has 0 aromatic rings. The highest BCUT2D eigenvalue weighted by atomic mass is 16.4. The minimum absolute atomic E-state index is 0.331. The molecule has 1 aliphatic rings. The maximum atomic E-state index is 10.9. The maximum Gasteiger partial charge on any atom is 0.328 e. The lowest BCUT2D eigenvalue weighted by Crippen LogP contribution is -2.22. The molecule has 0 heterocycles. The van der Waals surface area contributed by atoms with Crippen LogP contribution in [0.3, 0.4) is 0 Å². The monoisotopic (exact) mass is 183 g/mol. The summed E-state index contributed by atoms with van der Waals surface area (Å²) < 4.78 is 0. The second kappa shape index (κ2) is 4.64. The van der Waals surface area contributed by atoms with Crippen LogP contribution >= 0.6 is 0 Å². The van der Waals surface area contributed by atoms with Gasteiger partial charge in [-0.3, -0.25) is 4.79 Å². The highest BCUT2D eigenvalue weighted by molar-refractivity contribution is 5.93. The van der Waals surface area contributed by atoms with Gasteiger partial charge >= 0.3 is 5.97 Å². The van der Waals surface area contributed by atoms with Crippen molar-refractivity contribution in [2.24, 2.45) is 5.92 Å². The topological polar surface area (TPSA) is 66.4 Å². The number of carbonyl (C=O) groups excluding carboxylic acids is 1. The molecule has 4 heteroatoms. The zero-order valence-electron chi connectivity index (χ0n) is 7.32. The molecule has 2 N–H and O–H groups in total. The predicted molar refractivity (Wildman–Crippen MR) is 47.1 cm³/mol. The predicted octanol–water partition coefficient (Wildman–Crippen LogP) is 0.543. The van der Waals surface area contributed by atoms with Crippen molar-refractivity contribution in [2.75, 3.05) is 6.54 Å². The molecule has 0 bridgehead atoms. The number of aliphatic carboxylic acids is 1. The highest BCUT2D eigenvalue weighted by Gasteiger charge is 2.20. The van der Waals surface area contributed by atoms with Gasteiger partial charge in [0, 0.05) is 18.7 Å². The van der Waals surface area contributed by atoms with E-state index < -0.39 is 5.97 Å². The van der Waals surface area contributed by atoms with Gasteiger partial charge < -0.3 is 10.4 Å². The van der Waals surface area contributed by atoms with Crippen molar-refractivity contribution in [2.45, 2.75) is 19.3 Å². The molecule has 0 unspecified atom stereocenters. The molecule has 1 fully saturated rings. The van der Waals surface area contributed by atoms with E-state index in [1.165, 1.54) is 12.8 Å². The molecule has 1 aliphatic carbocycles. The average molecular weight is 183 g/mol. The van der Waals surface area contributed by atoms with Crippen LogP contribution in [0.5, 0.6) is 0 Å². The Hall–Kier alpha value is -1.32. The van der Waals surface area contributed by atoms with Crippen LogP contribution in [0, 0.1) is 5.92 Å². The Morgan fingerprint density at radius 2 is 2.08 bits per heavy atom. The second-order valence-corrected chi connectivity index (χ2v) is 3.19. The Labute approximate surface area is 76.6 Å². The molecule has 1 rings (SSSR count). The summed E-state index contributed by atoms with van der Waals surface area (Å²) in [6.07, 6.45) is 5.41. The van der Waals surface area contributed by atoms with Crippen molar-refractivity contribution in [1.82, 2.24) is 5.32 Å². The minimum atomic E-state index is -1.10. The molecule has 1 amide bonds. The summed E-state index contributed by atoms with van der Waals surface area (Å²) in [5, 5.41) is 10.8. The van der Waals surface area contributed by atoms with Gasteiger partial charge in [0.15, 0.2) is 0 Å². The van der Waals surface area contributed by atoms with Crippen molar-refractivity contribution < 1.29 is 14.7 Å². The van der Waals surface area contributed by atoms with E-state index in [-0.39, 0.29) is 5.91 Å². The fraction of sp³-hybridized carbons (Fsp3) is 0.556. The number of amides is 1. The molecule has 4 nitrogen and oxygen atoms in total. The number of hydrogen-bond donors (Lipinski definition) is 2. The lowest BCUT2D eigenvalue weighted by atomic mass is 10.3. The zero-order valence-corrected chi connectivity index (χ0v) is 7.32. The number of carboxylic acid groups (broad SMARTS) is 1. The van der Waals surface area contributed by atoms with Gasteiger partial charge in [-0.1, -0.05) is 12.8 Å². The van der Waals surface area contributed by atoms with Gasteiger partial charge in [-0.05, 0) is 12.3 Å². The van der Waals surface area contributed by atoms with Crippen LogP contribution in [-0.4, -0.2) is 23.5 Å². The molecule has 0 aromatic carbocycles. The van der Waals surface area contributed by atoms with Gasteiger partial charge in [0.2, 0.25) is 5.91 Å². The zero-order chi connectivity index (χ0) is 9.68. The lowest BCUT2D eigenvalue weighted by Gasteiger charge is -1.99. The Morgan fingerprint density at radius 3 is 2.62 bits per heavy atom. The van der Waals surface area contributed by atoms with Gasteiger partial charge in [0.1, 0.15) is 0 Å². The summed E-state index contributed by atoms with van der Waals surface area (Å²) in [7, 11) is 0. The summed E-state index contributed by atoms with van der Waals surface area (Å²) in [6, 6.07) is 0. The average Bonchev–Trinajstić information content (AvgIpc) is 2.84. The molecular weight excluding hydrogens is 170 g/mol. The Kier molecular flexibility index (Phi) is 3.49. The van der Waals surface area contributed by atoms with Crippen molar-refractivity contribution in [3.05, 3.63) is 12.2 Å². The van der Waals surface area contributed by atoms with Gasteiger partial charge in [-0.25, -0.2) is 4.79 Å². The largest absolute Gasteiger partial charge is 0.478 e. The molecule has 0 atom stereocenters. The van der Waals surface area contributed by atoms with Crippen molar-refractivity contribution in [3.8, 4) is 0 Å². The fourth-order valence-corrected chi connectivity index (χ4v) is 1.01. The molecule has 0 saturated heterocycles. The van der Waals surface area contributed by atoms with Crippen molar-refractivity contribution in [3.63, 3.8) is 0 Å². The highest BCUT2D eigenvalue weighted by Crippen LogP contribution is 2.31. The molecule has 72 valence electrons. The maximum absolute atomic E-state index is 10.9. The normalized spacial score (nSPS) is 16.0. The minimum Gasteiger partial charge on any atom is -0.478 e. The third kappa shape index (κ3) is 5.00. The van der Waals surface area contributed by atoms with E-state index in [1.54, 1.807) is 0 Å². The fourth-order valence-electron chi connectivity index (χ4n) is 1.01. The van der Waals surface area contributed by atoms with E-state index in [2.05, 4.69) is 5.32 Å². The Morgan fingerprint density at radius 1 is 1.38 bits per heavy atom. The number of rotatable bonds is 5. The van der Waals surface area contributed by atoms with Crippen LogP contribution in [0.2, 0.25) is 0 Å². The molecule has 0 aliphatic heterocycles. The summed E-state index contributed by atoms with van der Waals surface area (Å²) in [4.78, 5) is 20.9. The summed E-state index contributed by atoms with van der Waals surface area (Å²) >= 11 is 0. The van der Waals surface area contributed by atoms with Crippen LogP contribution < -0.4 is 5.32 Å². The SMILES string of the molecule is O=C(O)C=CC(=O)NCCC1CC1. The van der Waals surface area contributed by atoms with E-state index in [0.717, 1.165) is 24.5 Å². The number of carboxylic acids is 1. The first-order valence-electron chi connectivity index (χ1n) is 4.37. The van der Waals surface area contributed by atoms with E-state index in [9.17, 15) is 9.59 Å². The first kappa shape index (κ1) is 9.77. The van der Waals surface area contributed by atoms with Gasteiger partial charge in [0.05, 0.1) is 0 Å². The Balaban J connectivity index is 2.05. The van der Waals surface area contributed by atoms with E-state index in [1.807, 2.05) is 0 Å². The van der Waals surface area contributed by atoms with E-state index in [0.29, 0.717) is 6.54 Å². The van der Waals surface area contributed by atoms with Crippen LogP contribution in [0.1, 0.15) is 19.3 Å². The van der Waals surface area contributed by atoms with Crippen LogP contribution in [0.25, 0.3) is 0 Å². The number of carbonyl (C=O) groups is 2. The third-order valence-electron chi connectivity index (χ3n) is 1.93. The Bertz CT molecular complexity index is 231. The molecule has 0 radical (unpaired) electrons. The molecule has 1 saturated carbocycles.